The zero-order chi connectivity index (χ0) is 50.2. The van der Waals surface area contributed by atoms with Gasteiger partial charge >= 0.3 is 5.97 Å². The van der Waals surface area contributed by atoms with E-state index in [4.69, 9.17) is 0 Å². The number of hydrogen-bond acceptors (Lipinski definition) is 12. The number of carbonyl (C=O) groups excluding carboxylic acids is 9. The van der Waals surface area contributed by atoms with Gasteiger partial charge in [0.05, 0.1) is 19.8 Å². The van der Waals surface area contributed by atoms with Gasteiger partial charge in [0.1, 0.15) is 29.7 Å². The summed E-state index contributed by atoms with van der Waals surface area (Å²) in [6.07, 6.45) is 18.4. The van der Waals surface area contributed by atoms with Gasteiger partial charge in [0.15, 0.2) is 11.6 Å². The maximum Gasteiger partial charge on any atom is 0.326 e. The van der Waals surface area contributed by atoms with Crippen LogP contribution in [0.4, 0.5) is 0 Å². The van der Waals surface area contributed by atoms with E-state index in [0.717, 1.165) is 38.5 Å². The molecule has 8 N–H and O–H groups in total. The first kappa shape index (κ1) is 62.4. The van der Waals surface area contributed by atoms with Crippen molar-refractivity contribution in [2.45, 2.75) is 219 Å². The molecule has 3 unspecified atom stereocenters. The molecule has 4 atom stereocenters. The summed E-state index contributed by atoms with van der Waals surface area (Å²) < 4.78 is 0. The normalized spacial score (nSPS) is 12.8. The van der Waals surface area contributed by atoms with Crippen LogP contribution in [0.3, 0.4) is 0 Å². The maximum atomic E-state index is 12.7. The number of carbonyl (C=O) groups is 10. The van der Waals surface area contributed by atoms with Gasteiger partial charge < -0.3 is 41.9 Å². The molecule has 0 aliphatic rings. The number of hydrogen-bond donors (Lipinski definition) is 8. The van der Waals surface area contributed by atoms with Gasteiger partial charge in [-0.05, 0) is 39.0 Å². The van der Waals surface area contributed by atoms with Crippen LogP contribution in [0.5, 0.6) is 0 Å². The fourth-order valence-corrected chi connectivity index (χ4v) is 7.44. The van der Waals surface area contributed by atoms with Crippen LogP contribution in [-0.2, 0) is 47.9 Å². The summed E-state index contributed by atoms with van der Waals surface area (Å²) in [5.41, 5.74) is 0. The number of carboxylic acids is 1. The minimum absolute atomic E-state index is 0.00792. The Kier molecular flexibility index (Phi) is 37.7. The molecule has 0 aliphatic heterocycles. The first-order valence-electron chi connectivity index (χ1n) is 25.0. The predicted octanol–water partition coefficient (Wildman–Crippen LogP) is 4.62. The van der Waals surface area contributed by atoms with Crippen molar-refractivity contribution < 1.29 is 63.3 Å². The van der Waals surface area contributed by atoms with E-state index in [2.05, 4.69) is 33.5 Å². The monoisotopic (exact) mass is 952 g/mol. The van der Waals surface area contributed by atoms with Gasteiger partial charge in [-0.1, -0.05) is 110 Å². The molecule has 18 nitrogen and oxygen atoms in total. The molecule has 0 saturated heterocycles. The predicted molar refractivity (Wildman–Crippen MR) is 253 cm³/mol. The SMILES string of the molecule is CCCCCCCCCCCCCCCCCC(=O)NC(CCC(=O)CCC(=O)NC(CO)C(=O)CCC(=O)NC(CO)C(=O)CCC(=O)NCC(=O)NCCCC[C@H](CC)C(C)=O)C(=O)O. The van der Waals surface area contributed by atoms with Crippen LogP contribution in [0.25, 0.3) is 0 Å². The number of aliphatic carboxylic acids is 1. The summed E-state index contributed by atoms with van der Waals surface area (Å²) in [6, 6.07) is -4.03. The zero-order valence-electron chi connectivity index (χ0n) is 40.9. The van der Waals surface area contributed by atoms with Gasteiger partial charge in [-0.25, -0.2) is 4.79 Å². The molecule has 0 spiro atoms. The lowest BCUT2D eigenvalue weighted by atomic mass is 9.95. The van der Waals surface area contributed by atoms with E-state index >= 15 is 0 Å². The Labute approximate surface area is 398 Å². The zero-order valence-corrected chi connectivity index (χ0v) is 40.9. The largest absolute Gasteiger partial charge is 0.480 e. The molecule has 0 aromatic carbocycles. The van der Waals surface area contributed by atoms with Crippen molar-refractivity contribution in [3.63, 3.8) is 0 Å². The molecule has 0 saturated carbocycles. The van der Waals surface area contributed by atoms with E-state index < -0.39 is 97.0 Å². The highest BCUT2D eigenvalue weighted by Gasteiger charge is 2.25. The lowest BCUT2D eigenvalue weighted by molar-refractivity contribution is -0.142. The number of unbranched alkanes of at least 4 members (excludes halogenated alkanes) is 15. The maximum absolute atomic E-state index is 12.7. The average molecular weight is 952 g/mol. The molecule has 18 heteroatoms. The van der Waals surface area contributed by atoms with Crippen LogP contribution in [0.15, 0.2) is 0 Å². The average Bonchev–Trinajstić information content (AvgIpc) is 3.30. The molecular formula is C49H85N5O13. The fourth-order valence-electron chi connectivity index (χ4n) is 7.44. The molecule has 384 valence electrons. The second-order valence-electron chi connectivity index (χ2n) is 17.6. The molecule has 0 rings (SSSR count). The lowest BCUT2D eigenvalue weighted by Gasteiger charge is -2.17. The van der Waals surface area contributed by atoms with Gasteiger partial charge in [-0.2, -0.15) is 0 Å². The Morgan fingerprint density at radius 3 is 1.34 bits per heavy atom. The van der Waals surface area contributed by atoms with Gasteiger partial charge in [-0.3, -0.25) is 43.2 Å². The third kappa shape index (κ3) is 34.4. The van der Waals surface area contributed by atoms with E-state index in [9.17, 15) is 63.3 Å². The van der Waals surface area contributed by atoms with E-state index in [0.29, 0.717) is 19.4 Å². The quantitative estimate of drug-likeness (QED) is 0.0388. The Morgan fingerprint density at radius 1 is 0.433 bits per heavy atom. The van der Waals surface area contributed by atoms with E-state index in [1.165, 1.54) is 70.6 Å². The molecule has 0 fully saturated rings. The minimum Gasteiger partial charge on any atom is -0.480 e. The van der Waals surface area contributed by atoms with Crippen molar-refractivity contribution in [2.75, 3.05) is 26.3 Å². The molecule has 0 radical (unpaired) electrons. The highest BCUT2D eigenvalue weighted by molar-refractivity contribution is 5.95. The van der Waals surface area contributed by atoms with Crippen LogP contribution in [-0.4, -0.2) is 118 Å². The van der Waals surface area contributed by atoms with Crippen molar-refractivity contribution >= 4 is 58.6 Å². The van der Waals surface area contributed by atoms with Crippen molar-refractivity contribution in [3.8, 4) is 0 Å². The number of aliphatic hydroxyl groups excluding tert-OH is 2. The third-order valence-electron chi connectivity index (χ3n) is 11.8. The topological polar surface area (TPSA) is 292 Å². The second-order valence-corrected chi connectivity index (χ2v) is 17.6. The van der Waals surface area contributed by atoms with Gasteiger partial charge in [-0.15, -0.1) is 0 Å². The number of amides is 5. The summed E-state index contributed by atoms with van der Waals surface area (Å²) in [5, 5.41) is 41.1. The Bertz CT molecular complexity index is 1510. The number of ketones is 4. The van der Waals surface area contributed by atoms with Crippen LogP contribution < -0.4 is 26.6 Å². The minimum atomic E-state index is -1.39. The van der Waals surface area contributed by atoms with Crippen molar-refractivity contribution in [2.24, 2.45) is 5.92 Å². The summed E-state index contributed by atoms with van der Waals surface area (Å²) in [5.74, 6) is -5.90. The summed E-state index contributed by atoms with van der Waals surface area (Å²) in [7, 11) is 0. The Morgan fingerprint density at radius 2 is 0.881 bits per heavy atom. The summed E-state index contributed by atoms with van der Waals surface area (Å²) in [6.45, 7) is 4.23. The molecule has 5 amide bonds. The smallest absolute Gasteiger partial charge is 0.326 e. The van der Waals surface area contributed by atoms with Gasteiger partial charge in [0.25, 0.3) is 0 Å². The molecule has 0 bridgehead atoms. The molecule has 0 aromatic rings. The van der Waals surface area contributed by atoms with Crippen LogP contribution >= 0.6 is 0 Å². The van der Waals surface area contributed by atoms with Crippen molar-refractivity contribution in [1.82, 2.24) is 26.6 Å². The lowest BCUT2D eigenvalue weighted by Crippen LogP contribution is -2.45. The first-order valence-corrected chi connectivity index (χ1v) is 25.0. The highest BCUT2D eigenvalue weighted by Crippen LogP contribution is 2.15. The first-order chi connectivity index (χ1) is 32.1. The van der Waals surface area contributed by atoms with Gasteiger partial charge in [0.2, 0.25) is 29.5 Å². The molecule has 0 aliphatic carbocycles. The van der Waals surface area contributed by atoms with Crippen LogP contribution in [0.2, 0.25) is 0 Å². The standard InChI is InChI=1S/C49H85N5O13/c1-4-6-7-8-9-10-11-12-13-14-15-16-17-18-19-23-45(62)52-39(49(66)67)26-24-38(58)25-29-46(63)53-41(35-56)43(60)28-31-47(64)54-40(34-55)42(59)27-30-44(61)51-33-48(65)50-32-21-20-22-37(5-2)36(3)57/h37,39-41,55-56H,4-35H2,1-3H3,(H,50,65)(H,51,61)(H,52,62)(H,53,63)(H,54,64)(H,66,67)/t37-,39?,40?,41?/m0/s1. The van der Waals surface area contributed by atoms with Crippen molar-refractivity contribution in [1.29, 1.82) is 0 Å². The summed E-state index contributed by atoms with van der Waals surface area (Å²) in [4.78, 5) is 123. The third-order valence-corrected chi connectivity index (χ3v) is 11.8. The number of Topliss-reactive ketones (excluding diaryl/α,β-unsaturated/α-hetero) is 4. The van der Waals surface area contributed by atoms with Crippen LogP contribution in [0, 0.1) is 5.92 Å². The van der Waals surface area contributed by atoms with E-state index in [-0.39, 0.29) is 63.2 Å². The number of carboxylic acid groups (broad SMARTS) is 1. The highest BCUT2D eigenvalue weighted by atomic mass is 16.4. The number of aliphatic hydroxyl groups is 2. The molecule has 0 aromatic heterocycles. The Hall–Kier alpha value is -4.58. The van der Waals surface area contributed by atoms with E-state index in [1.807, 2.05) is 6.92 Å². The second kappa shape index (κ2) is 40.5. The molecule has 67 heavy (non-hydrogen) atoms. The van der Waals surface area contributed by atoms with Gasteiger partial charge in [0, 0.05) is 63.8 Å². The molecular weight excluding hydrogens is 867 g/mol. The van der Waals surface area contributed by atoms with Crippen LogP contribution in [0.1, 0.15) is 201 Å². The van der Waals surface area contributed by atoms with E-state index in [1.54, 1.807) is 6.92 Å². The Balaban J connectivity index is 4.37. The molecule has 0 heterocycles. The van der Waals surface area contributed by atoms with Crippen molar-refractivity contribution in [3.05, 3.63) is 0 Å². The number of rotatable bonds is 45. The summed E-state index contributed by atoms with van der Waals surface area (Å²) >= 11 is 0. The fraction of sp³-hybridized carbons (Fsp3) is 0.796. The number of nitrogens with one attached hydrogen (secondary N) is 5.